The third-order valence-electron chi connectivity index (χ3n) is 5.11. The second-order valence-corrected chi connectivity index (χ2v) is 10.3. The molecule has 8 nitrogen and oxygen atoms in total. The summed E-state index contributed by atoms with van der Waals surface area (Å²) in [6, 6.07) is 5.19. The van der Waals surface area contributed by atoms with E-state index in [1.807, 2.05) is 17.0 Å². The largest absolute Gasteiger partial charge is 0.454 e. The van der Waals surface area contributed by atoms with Gasteiger partial charge in [0.1, 0.15) is 6.10 Å². The molecule has 0 aromatic heterocycles. The van der Waals surface area contributed by atoms with Crippen LogP contribution in [0.5, 0.6) is 11.5 Å². The lowest BCUT2D eigenvalue weighted by atomic mass is 10.2. The Hall–Kier alpha value is -1.78. The van der Waals surface area contributed by atoms with Crippen molar-refractivity contribution in [1.82, 2.24) is 0 Å². The number of fused-ring (bicyclic) bond motifs is 2. The molecule has 27 heavy (non-hydrogen) atoms. The first kappa shape index (κ1) is 17.3. The molecule has 0 N–H and O–H groups in total. The predicted octanol–water partition coefficient (Wildman–Crippen LogP) is 1.20. The smallest absolute Gasteiger partial charge is 0.277 e. The van der Waals surface area contributed by atoms with E-state index < -0.39 is 15.9 Å². The summed E-state index contributed by atoms with van der Waals surface area (Å²) in [5, 5.41) is 0.385. The van der Waals surface area contributed by atoms with E-state index in [2.05, 4.69) is 4.99 Å². The van der Waals surface area contributed by atoms with Crippen LogP contribution < -0.4 is 14.4 Å². The van der Waals surface area contributed by atoms with Gasteiger partial charge in [-0.3, -0.25) is 4.79 Å². The van der Waals surface area contributed by atoms with E-state index >= 15 is 0 Å². The fourth-order valence-electron chi connectivity index (χ4n) is 3.84. The van der Waals surface area contributed by atoms with Crippen molar-refractivity contribution in [1.29, 1.82) is 0 Å². The lowest BCUT2D eigenvalue weighted by Crippen LogP contribution is -2.38. The molecule has 3 saturated heterocycles. The average molecular weight is 410 g/mol. The SMILES string of the molecule is O=C(N=C1S[C@H]2CS(=O)(=O)C[C@@H]2N1c1ccc2c(c1)OCO2)[C@H]1CCCO1. The quantitative estimate of drug-likeness (QED) is 0.718. The maximum absolute atomic E-state index is 12.5. The van der Waals surface area contributed by atoms with Crippen LogP contribution in [-0.2, 0) is 19.4 Å². The maximum atomic E-state index is 12.5. The van der Waals surface area contributed by atoms with Crippen LogP contribution in [0.3, 0.4) is 0 Å². The molecule has 3 atom stereocenters. The molecule has 0 spiro atoms. The number of ether oxygens (including phenoxy) is 3. The van der Waals surface area contributed by atoms with Gasteiger partial charge >= 0.3 is 0 Å². The number of sulfone groups is 1. The molecule has 0 unspecified atom stereocenters. The highest BCUT2D eigenvalue weighted by atomic mass is 32.2. The molecule has 10 heteroatoms. The molecule has 1 aromatic carbocycles. The number of anilines is 1. The Balaban J connectivity index is 1.51. The van der Waals surface area contributed by atoms with Gasteiger partial charge in [-0.1, -0.05) is 11.8 Å². The number of amidine groups is 1. The molecule has 144 valence electrons. The van der Waals surface area contributed by atoms with Crippen LogP contribution in [0, 0.1) is 0 Å². The number of nitrogens with zero attached hydrogens (tertiary/aromatic N) is 2. The van der Waals surface area contributed by atoms with Crippen molar-refractivity contribution in [3.8, 4) is 11.5 Å². The number of hydrogen-bond acceptors (Lipinski definition) is 7. The minimum absolute atomic E-state index is 0.0479. The zero-order chi connectivity index (χ0) is 18.6. The molecule has 1 aromatic rings. The van der Waals surface area contributed by atoms with Gasteiger partial charge in [-0.2, -0.15) is 4.99 Å². The Labute approximate surface area is 160 Å². The molecule has 4 heterocycles. The van der Waals surface area contributed by atoms with Gasteiger partial charge in [0.15, 0.2) is 26.5 Å². The Kier molecular flexibility index (Phi) is 4.10. The van der Waals surface area contributed by atoms with Crippen LogP contribution in [0.25, 0.3) is 0 Å². The summed E-state index contributed by atoms with van der Waals surface area (Å²) in [7, 11) is -3.11. The van der Waals surface area contributed by atoms with Crippen molar-refractivity contribution >= 4 is 38.4 Å². The zero-order valence-electron chi connectivity index (χ0n) is 14.4. The minimum Gasteiger partial charge on any atom is -0.454 e. The highest BCUT2D eigenvalue weighted by molar-refractivity contribution is 8.16. The molecule has 0 aliphatic carbocycles. The van der Waals surface area contributed by atoms with Crippen molar-refractivity contribution in [2.75, 3.05) is 29.8 Å². The fourth-order valence-corrected chi connectivity index (χ4v) is 7.76. The molecule has 0 saturated carbocycles. The first-order valence-electron chi connectivity index (χ1n) is 8.80. The number of rotatable bonds is 2. The third-order valence-corrected chi connectivity index (χ3v) is 8.32. The van der Waals surface area contributed by atoms with Gasteiger partial charge in [0.05, 0.1) is 17.5 Å². The van der Waals surface area contributed by atoms with E-state index in [-0.39, 0.29) is 35.5 Å². The topological polar surface area (TPSA) is 94.5 Å². The average Bonchev–Trinajstić information content (AvgIpc) is 3.36. The summed E-state index contributed by atoms with van der Waals surface area (Å²) in [6.07, 6.45) is 1.02. The van der Waals surface area contributed by atoms with Crippen molar-refractivity contribution in [2.24, 2.45) is 4.99 Å². The van der Waals surface area contributed by atoms with E-state index in [9.17, 15) is 13.2 Å². The lowest BCUT2D eigenvalue weighted by Gasteiger charge is -2.24. The van der Waals surface area contributed by atoms with Gasteiger partial charge < -0.3 is 19.1 Å². The molecule has 4 aliphatic rings. The molecule has 0 radical (unpaired) electrons. The summed E-state index contributed by atoms with van der Waals surface area (Å²) in [5.41, 5.74) is 0.746. The highest BCUT2D eigenvalue weighted by Gasteiger charge is 2.49. The van der Waals surface area contributed by atoms with Crippen LogP contribution in [0.15, 0.2) is 23.2 Å². The van der Waals surface area contributed by atoms with Crippen molar-refractivity contribution < 1.29 is 27.4 Å². The van der Waals surface area contributed by atoms with Crippen LogP contribution in [-0.4, -0.2) is 61.8 Å². The molecular formula is C17H18N2O6S2. The molecular weight excluding hydrogens is 392 g/mol. The standard InChI is InChI=1S/C17H18N2O6S2/c20-16(13-2-1-5-23-13)18-17-19(11-7-27(21,22)8-15(11)26-17)10-3-4-12-14(6-10)25-9-24-12/h3-4,6,11,13,15H,1-2,5,7-9H2/t11-,13+,15-/m0/s1. The maximum Gasteiger partial charge on any atom is 0.277 e. The van der Waals surface area contributed by atoms with Crippen LogP contribution in [0.2, 0.25) is 0 Å². The van der Waals surface area contributed by atoms with E-state index in [4.69, 9.17) is 14.2 Å². The lowest BCUT2D eigenvalue weighted by molar-refractivity contribution is -0.126. The number of thioether (sulfide) groups is 1. The Morgan fingerprint density at radius 2 is 2.07 bits per heavy atom. The van der Waals surface area contributed by atoms with Gasteiger partial charge in [0, 0.05) is 23.6 Å². The van der Waals surface area contributed by atoms with E-state index in [1.165, 1.54) is 11.8 Å². The number of benzene rings is 1. The fraction of sp³-hybridized carbons (Fsp3) is 0.529. The first-order valence-corrected chi connectivity index (χ1v) is 11.5. The Bertz CT molecular complexity index is 925. The molecule has 0 bridgehead atoms. The highest BCUT2D eigenvalue weighted by Crippen LogP contribution is 2.44. The number of carbonyl (C=O) groups excluding carboxylic acids is 1. The third kappa shape index (κ3) is 3.09. The van der Waals surface area contributed by atoms with Gasteiger partial charge in [-0.05, 0) is 25.0 Å². The van der Waals surface area contributed by atoms with Gasteiger partial charge in [-0.25, -0.2) is 8.42 Å². The van der Waals surface area contributed by atoms with Gasteiger partial charge in [-0.15, -0.1) is 0 Å². The molecule has 1 amide bonds. The van der Waals surface area contributed by atoms with Crippen molar-refractivity contribution in [3.63, 3.8) is 0 Å². The molecule has 5 rings (SSSR count). The Morgan fingerprint density at radius 3 is 2.89 bits per heavy atom. The number of aliphatic imine (C=N–C) groups is 1. The second-order valence-electron chi connectivity index (χ2n) is 6.94. The van der Waals surface area contributed by atoms with Gasteiger partial charge in [0.2, 0.25) is 6.79 Å². The summed E-state index contributed by atoms with van der Waals surface area (Å²) in [4.78, 5) is 18.7. The minimum atomic E-state index is -3.11. The number of hydrogen-bond donors (Lipinski definition) is 0. The number of carbonyl (C=O) groups is 1. The van der Waals surface area contributed by atoms with E-state index in [1.54, 1.807) is 6.07 Å². The zero-order valence-corrected chi connectivity index (χ0v) is 16.0. The summed E-state index contributed by atoms with van der Waals surface area (Å²) in [6.45, 7) is 0.732. The second kappa shape index (κ2) is 6.39. The van der Waals surface area contributed by atoms with Crippen LogP contribution >= 0.6 is 11.8 Å². The monoisotopic (exact) mass is 410 g/mol. The number of amides is 1. The normalized spacial score (nSPS) is 32.2. The summed E-state index contributed by atoms with van der Waals surface area (Å²) in [5.74, 6) is 1.09. The van der Waals surface area contributed by atoms with Crippen molar-refractivity contribution in [3.05, 3.63) is 18.2 Å². The summed E-state index contributed by atoms with van der Waals surface area (Å²) < 4.78 is 40.5. The van der Waals surface area contributed by atoms with Crippen LogP contribution in [0.4, 0.5) is 5.69 Å². The predicted molar refractivity (Wildman–Crippen MR) is 100 cm³/mol. The molecule has 4 aliphatic heterocycles. The van der Waals surface area contributed by atoms with E-state index in [0.717, 1.165) is 12.1 Å². The molecule has 3 fully saturated rings. The van der Waals surface area contributed by atoms with Gasteiger partial charge in [0.25, 0.3) is 5.91 Å². The van der Waals surface area contributed by atoms with Crippen LogP contribution in [0.1, 0.15) is 12.8 Å². The van der Waals surface area contributed by atoms with E-state index in [0.29, 0.717) is 29.7 Å². The van der Waals surface area contributed by atoms with Crippen molar-refractivity contribution in [2.45, 2.75) is 30.2 Å². The Morgan fingerprint density at radius 1 is 1.22 bits per heavy atom. The summed E-state index contributed by atoms with van der Waals surface area (Å²) >= 11 is 1.36. The first-order chi connectivity index (χ1) is 13.0.